The standard InChI is InChI=1S/C17H18BrNO4S/c1-12-6-7-16(8-13(12)2)24(21,22)19-10-17(20)23-11-14-4-3-5-15(18)9-14/h3-9,19H,10-11H2,1-2H3. The van der Waals surface area contributed by atoms with Crippen molar-refractivity contribution in [2.24, 2.45) is 0 Å². The van der Waals surface area contributed by atoms with Gasteiger partial charge in [0.25, 0.3) is 0 Å². The number of rotatable bonds is 6. The molecule has 24 heavy (non-hydrogen) atoms. The molecule has 7 heteroatoms. The van der Waals surface area contributed by atoms with E-state index in [-0.39, 0.29) is 11.5 Å². The van der Waals surface area contributed by atoms with Crippen LogP contribution in [0.4, 0.5) is 0 Å². The van der Waals surface area contributed by atoms with Gasteiger partial charge in [0.05, 0.1) is 4.90 Å². The minimum absolute atomic E-state index is 0.0869. The monoisotopic (exact) mass is 411 g/mol. The Labute approximate surface area is 150 Å². The SMILES string of the molecule is Cc1ccc(S(=O)(=O)NCC(=O)OCc2cccc(Br)c2)cc1C. The molecule has 0 saturated carbocycles. The fourth-order valence-corrected chi connectivity index (χ4v) is 3.46. The summed E-state index contributed by atoms with van der Waals surface area (Å²) < 4.78 is 32.6. The molecule has 0 amide bonds. The number of ether oxygens (including phenoxy) is 1. The van der Waals surface area contributed by atoms with Crippen molar-refractivity contribution in [2.45, 2.75) is 25.3 Å². The van der Waals surface area contributed by atoms with Crippen molar-refractivity contribution in [3.05, 3.63) is 63.6 Å². The lowest BCUT2D eigenvalue weighted by Crippen LogP contribution is -2.30. The van der Waals surface area contributed by atoms with E-state index < -0.39 is 22.5 Å². The second kappa shape index (κ2) is 7.92. The second-order valence-electron chi connectivity index (χ2n) is 5.36. The molecule has 0 aliphatic heterocycles. The smallest absolute Gasteiger partial charge is 0.321 e. The summed E-state index contributed by atoms with van der Waals surface area (Å²) in [4.78, 5) is 11.9. The number of carbonyl (C=O) groups is 1. The van der Waals surface area contributed by atoms with Crippen LogP contribution in [-0.4, -0.2) is 20.9 Å². The van der Waals surface area contributed by atoms with Gasteiger partial charge in [0.1, 0.15) is 13.2 Å². The minimum Gasteiger partial charge on any atom is -0.460 e. The van der Waals surface area contributed by atoms with E-state index >= 15 is 0 Å². The second-order valence-corrected chi connectivity index (χ2v) is 8.04. The number of carbonyl (C=O) groups excluding carboxylic acids is 1. The maximum absolute atomic E-state index is 12.2. The molecule has 0 fully saturated rings. The molecule has 1 N–H and O–H groups in total. The minimum atomic E-state index is -3.74. The molecule has 0 spiro atoms. The van der Waals surface area contributed by atoms with Crippen molar-refractivity contribution in [1.29, 1.82) is 0 Å². The van der Waals surface area contributed by atoms with Gasteiger partial charge in [-0.05, 0) is 54.8 Å². The lowest BCUT2D eigenvalue weighted by Gasteiger charge is -2.09. The Kier molecular flexibility index (Phi) is 6.15. The summed E-state index contributed by atoms with van der Waals surface area (Å²) in [6.07, 6.45) is 0. The summed E-state index contributed by atoms with van der Waals surface area (Å²) in [5.74, 6) is -0.637. The molecule has 0 heterocycles. The Balaban J connectivity index is 1.91. The zero-order chi connectivity index (χ0) is 17.7. The molecule has 0 unspecified atom stereocenters. The van der Waals surface area contributed by atoms with Crippen LogP contribution in [0.5, 0.6) is 0 Å². The van der Waals surface area contributed by atoms with Crippen LogP contribution in [0.2, 0.25) is 0 Å². The van der Waals surface area contributed by atoms with E-state index in [0.29, 0.717) is 0 Å². The first-order valence-corrected chi connectivity index (χ1v) is 9.52. The molecule has 0 aromatic heterocycles. The lowest BCUT2D eigenvalue weighted by molar-refractivity contribution is -0.143. The van der Waals surface area contributed by atoms with E-state index in [2.05, 4.69) is 20.7 Å². The molecule has 2 rings (SSSR count). The largest absolute Gasteiger partial charge is 0.460 e. The molecule has 0 radical (unpaired) electrons. The molecule has 2 aromatic rings. The summed E-state index contributed by atoms with van der Waals surface area (Å²) in [6.45, 7) is 3.41. The van der Waals surface area contributed by atoms with Gasteiger partial charge in [-0.2, -0.15) is 4.72 Å². The van der Waals surface area contributed by atoms with Gasteiger partial charge in [0, 0.05) is 4.47 Å². The summed E-state index contributed by atoms with van der Waals surface area (Å²) in [5, 5.41) is 0. The average molecular weight is 412 g/mol. The van der Waals surface area contributed by atoms with Crippen LogP contribution in [-0.2, 0) is 26.2 Å². The fourth-order valence-electron chi connectivity index (χ4n) is 1.96. The highest BCUT2D eigenvalue weighted by Gasteiger charge is 2.16. The van der Waals surface area contributed by atoms with Crippen LogP contribution in [0.1, 0.15) is 16.7 Å². The lowest BCUT2D eigenvalue weighted by atomic mass is 10.1. The summed E-state index contributed by atoms with van der Waals surface area (Å²) in [6, 6.07) is 12.2. The van der Waals surface area contributed by atoms with Crippen molar-refractivity contribution in [2.75, 3.05) is 6.54 Å². The topological polar surface area (TPSA) is 72.5 Å². The number of hydrogen-bond donors (Lipinski definition) is 1. The highest BCUT2D eigenvalue weighted by Crippen LogP contribution is 2.15. The van der Waals surface area contributed by atoms with Crippen LogP contribution >= 0.6 is 15.9 Å². The molecule has 2 aromatic carbocycles. The van der Waals surface area contributed by atoms with Crippen molar-refractivity contribution >= 4 is 31.9 Å². The van der Waals surface area contributed by atoms with Gasteiger partial charge >= 0.3 is 5.97 Å². The van der Waals surface area contributed by atoms with E-state index in [1.54, 1.807) is 12.1 Å². The molecule has 128 valence electrons. The van der Waals surface area contributed by atoms with Gasteiger partial charge in [-0.25, -0.2) is 8.42 Å². The maximum Gasteiger partial charge on any atom is 0.321 e. The van der Waals surface area contributed by atoms with Gasteiger partial charge in [0.15, 0.2) is 0 Å². The Bertz CT molecular complexity index is 849. The molecule has 0 aliphatic carbocycles. The molecule has 0 aliphatic rings. The Hall–Kier alpha value is -1.70. The number of nitrogens with one attached hydrogen (secondary N) is 1. The molecular formula is C17H18BrNO4S. The van der Waals surface area contributed by atoms with Crippen LogP contribution < -0.4 is 4.72 Å². The third-order valence-corrected chi connectivity index (χ3v) is 5.38. The maximum atomic E-state index is 12.2. The Morgan fingerprint density at radius 2 is 1.88 bits per heavy atom. The molecule has 0 atom stereocenters. The third-order valence-electron chi connectivity index (χ3n) is 3.48. The van der Waals surface area contributed by atoms with E-state index in [1.165, 1.54) is 6.07 Å². The first kappa shape index (κ1) is 18.6. The summed E-state index contributed by atoms with van der Waals surface area (Å²) >= 11 is 3.33. The van der Waals surface area contributed by atoms with Crippen molar-refractivity contribution in [3.63, 3.8) is 0 Å². The fraction of sp³-hybridized carbons (Fsp3) is 0.235. The van der Waals surface area contributed by atoms with Crippen molar-refractivity contribution < 1.29 is 17.9 Å². The first-order chi connectivity index (χ1) is 11.3. The quantitative estimate of drug-likeness (QED) is 0.741. The number of hydrogen-bond acceptors (Lipinski definition) is 4. The molecular weight excluding hydrogens is 394 g/mol. The number of benzene rings is 2. The van der Waals surface area contributed by atoms with Gasteiger partial charge in [-0.1, -0.05) is 34.1 Å². The van der Waals surface area contributed by atoms with Crippen molar-refractivity contribution in [3.8, 4) is 0 Å². The van der Waals surface area contributed by atoms with Gasteiger partial charge in [0.2, 0.25) is 10.0 Å². The van der Waals surface area contributed by atoms with Gasteiger partial charge < -0.3 is 4.74 Å². The zero-order valence-electron chi connectivity index (χ0n) is 13.4. The highest BCUT2D eigenvalue weighted by molar-refractivity contribution is 9.10. The highest BCUT2D eigenvalue weighted by atomic mass is 79.9. The predicted molar refractivity (Wildman–Crippen MR) is 95.0 cm³/mol. The van der Waals surface area contributed by atoms with Crippen molar-refractivity contribution in [1.82, 2.24) is 4.72 Å². The van der Waals surface area contributed by atoms with Gasteiger partial charge in [-0.3, -0.25) is 4.79 Å². The summed E-state index contributed by atoms with van der Waals surface area (Å²) in [5.41, 5.74) is 2.69. The summed E-state index contributed by atoms with van der Waals surface area (Å²) in [7, 11) is -3.74. The van der Waals surface area contributed by atoms with Gasteiger partial charge in [-0.15, -0.1) is 0 Å². The zero-order valence-corrected chi connectivity index (χ0v) is 15.8. The van der Waals surface area contributed by atoms with E-state index in [4.69, 9.17) is 4.74 Å². The van der Waals surface area contributed by atoms with E-state index in [0.717, 1.165) is 21.2 Å². The first-order valence-electron chi connectivity index (χ1n) is 7.25. The van der Waals surface area contributed by atoms with E-state index in [9.17, 15) is 13.2 Å². The average Bonchev–Trinajstić information content (AvgIpc) is 2.53. The van der Waals surface area contributed by atoms with Crippen LogP contribution in [0.15, 0.2) is 51.8 Å². The van der Waals surface area contributed by atoms with Crippen LogP contribution in [0.25, 0.3) is 0 Å². The molecule has 0 bridgehead atoms. The van der Waals surface area contributed by atoms with Crippen LogP contribution in [0.3, 0.4) is 0 Å². The molecule has 0 saturated heterocycles. The Morgan fingerprint density at radius 1 is 1.12 bits per heavy atom. The number of aryl methyl sites for hydroxylation is 2. The predicted octanol–water partition coefficient (Wildman–Crippen LogP) is 3.09. The number of halogens is 1. The Morgan fingerprint density at radius 3 is 2.54 bits per heavy atom. The normalized spacial score (nSPS) is 11.3. The van der Waals surface area contributed by atoms with E-state index in [1.807, 2.05) is 38.1 Å². The number of esters is 1. The number of sulfonamides is 1. The molecule has 5 nitrogen and oxygen atoms in total. The van der Waals surface area contributed by atoms with Crippen LogP contribution in [0, 0.1) is 13.8 Å². The third kappa shape index (κ3) is 5.15.